The highest BCUT2D eigenvalue weighted by Gasteiger charge is 2.40. The molecule has 4 heteroatoms. The molecule has 1 aromatic heterocycles. The number of aromatic nitrogens is 1. The molecule has 0 saturated heterocycles. The van der Waals surface area contributed by atoms with Gasteiger partial charge in [0, 0.05) is 28.7 Å². The standard InChI is InChI=1S/C18H21N3O/c1-11(15-9-12-6-7-13(15)8-12)20-21-18(22)16-10-19-17-5-3-2-4-14(16)17/h2-5,10,12-13,15,19H,6-9H2,1H3,(H,21,22)/b20-11-/t12-,13-,15+/m0/s1. The SMILES string of the molecule is C/C(=N/NC(=O)c1c[nH]c2ccccc12)[C@H]1C[C@H]2CC[C@H]1C2. The molecule has 0 radical (unpaired) electrons. The molecule has 0 aliphatic heterocycles. The average Bonchev–Trinajstić information content (AvgIpc) is 3.26. The fourth-order valence-corrected chi connectivity index (χ4v) is 4.30. The van der Waals surface area contributed by atoms with Crippen LogP contribution in [0.4, 0.5) is 0 Å². The molecule has 22 heavy (non-hydrogen) atoms. The maximum absolute atomic E-state index is 12.4. The van der Waals surface area contributed by atoms with Crippen LogP contribution in [0.5, 0.6) is 0 Å². The Morgan fingerprint density at radius 1 is 1.27 bits per heavy atom. The Bertz CT molecular complexity index is 746. The molecule has 1 aromatic carbocycles. The van der Waals surface area contributed by atoms with Crippen LogP contribution >= 0.6 is 0 Å². The molecule has 2 N–H and O–H groups in total. The Kier molecular flexibility index (Phi) is 3.25. The number of hydrogen-bond acceptors (Lipinski definition) is 2. The first kappa shape index (κ1) is 13.6. The highest BCUT2D eigenvalue weighted by Crippen LogP contribution is 2.48. The minimum absolute atomic E-state index is 0.139. The Hall–Kier alpha value is -2.10. The van der Waals surface area contributed by atoms with E-state index >= 15 is 0 Å². The molecule has 2 aliphatic rings. The van der Waals surface area contributed by atoms with Crippen LogP contribution in [0.3, 0.4) is 0 Å². The summed E-state index contributed by atoms with van der Waals surface area (Å²) in [5.74, 6) is 2.12. The van der Waals surface area contributed by atoms with Crippen molar-refractivity contribution in [1.82, 2.24) is 10.4 Å². The number of para-hydroxylation sites is 1. The molecule has 0 spiro atoms. The number of nitrogens with one attached hydrogen (secondary N) is 2. The second kappa shape index (κ2) is 5.27. The van der Waals surface area contributed by atoms with E-state index in [1.165, 1.54) is 25.7 Å². The summed E-state index contributed by atoms with van der Waals surface area (Å²) >= 11 is 0. The van der Waals surface area contributed by atoms with Gasteiger partial charge in [0.25, 0.3) is 5.91 Å². The summed E-state index contributed by atoms with van der Waals surface area (Å²) in [6.07, 6.45) is 7.08. The summed E-state index contributed by atoms with van der Waals surface area (Å²) in [6.45, 7) is 2.06. The van der Waals surface area contributed by atoms with Crippen molar-refractivity contribution in [3.8, 4) is 0 Å². The number of hydrogen-bond donors (Lipinski definition) is 2. The zero-order valence-corrected chi connectivity index (χ0v) is 12.8. The molecular formula is C18H21N3O. The van der Waals surface area contributed by atoms with Crippen molar-refractivity contribution >= 4 is 22.5 Å². The number of H-pyrrole nitrogens is 1. The normalized spacial score (nSPS) is 27.5. The van der Waals surface area contributed by atoms with E-state index in [4.69, 9.17) is 0 Å². The lowest BCUT2D eigenvalue weighted by atomic mass is 9.86. The predicted molar refractivity (Wildman–Crippen MR) is 87.8 cm³/mol. The molecule has 114 valence electrons. The molecule has 2 bridgehead atoms. The quantitative estimate of drug-likeness (QED) is 0.658. The summed E-state index contributed by atoms with van der Waals surface area (Å²) in [6, 6.07) is 7.82. The molecule has 1 heterocycles. The number of hydrazone groups is 1. The van der Waals surface area contributed by atoms with E-state index in [0.29, 0.717) is 11.5 Å². The van der Waals surface area contributed by atoms with Gasteiger partial charge in [-0.1, -0.05) is 24.6 Å². The number of benzene rings is 1. The largest absolute Gasteiger partial charge is 0.360 e. The lowest BCUT2D eigenvalue weighted by Crippen LogP contribution is -2.24. The van der Waals surface area contributed by atoms with Crippen molar-refractivity contribution in [3.05, 3.63) is 36.0 Å². The molecule has 4 nitrogen and oxygen atoms in total. The number of nitrogens with zero attached hydrogens (tertiary/aromatic N) is 1. The minimum atomic E-state index is -0.139. The van der Waals surface area contributed by atoms with Gasteiger partial charge in [-0.3, -0.25) is 4.79 Å². The predicted octanol–water partition coefficient (Wildman–Crippen LogP) is 3.71. The van der Waals surface area contributed by atoms with Crippen molar-refractivity contribution in [2.24, 2.45) is 22.9 Å². The number of fused-ring (bicyclic) bond motifs is 3. The smallest absolute Gasteiger partial charge is 0.273 e. The maximum Gasteiger partial charge on any atom is 0.273 e. The number of carbonyl (C=O) groups excluding carboxylic acids is 1. The van der Waals surface area contributed by atoms with Crippen LogP contribution in [-0.2, 0) is 0 Å². The fraction of sp³-hybridized carbons (Fsp3) is 0.444. The van der Waals surface area contributed by atoms with E-state index in [0.717, 1.165) is 28.5 Å². The molecule has 1 amide bonds. The van der Waals surface area contributed by atoms with Crippen LogP contribution in [0.1, 0.15) is 43.0 Å². The van der Waals surface area contributed by atoms with Gasteiger partial charge in [-0.15, -0.1) is 0 Å². The Morgan fingerprint density at radius 2 is 2.14 bits per heavy atom. The second-order valence-electron chi connectivity index (χ2n) is 6.72. The van der Waals surface area contributed by atoms with Gasteiger partial charge < -0.3 is 4.98 Å². The van der Waals surface area contributed by atoms with Crippen molar-refractivity contribution in [3.63, 3.8) is 0 Å². The van der Waals surface area contributed by atoms with Crippen LogP contribution in [0.2, 0.25) is 0 Å². The number of amides is 1. The van der Waals surface area contributed by atoms with E-state index in [2.05, 4.69) is 22.4 Å². The third-order valence-corrected chi connectivity index (χ3v) is 5.44. The van der Waals surface area contributed by atoms with Gasteiger partial charge in [-0.05, 0) is 44.1 Å². The first-order chi connectivity index (χ1) is 10.7. The Morgan fingerprint density at radius 3 is 2.91 bits per heavy atom. The lowest BCUT2D eigenvalue weighted by molar-refractivity contribution is 0.0956. The third-order valence-electron chi connectivity index (χ3n) is 5.44. The molecule has 2 saturated carbocycles. The maximum atomic E-state index is 12.4. The van der Waals surface area contributed by atoms with Crippen molar-refractivity contribution in [2.75, 3.05) is 0 Å². The van der Waals surface area contributed by atoms with Gasteiger partial charge in [-0.2, -0.15) is 5.10 Å². The number of carbonyl (C=O) groups is 1. The van der Waals surface area contributed by atoms with Crippen LogP contribution < -0.4 is 5.43 Å². The van der Waals surface area contributed by atoms with E-state index in [1.807, 2.05) is 24.3 Å². The van der Waals surface area contributed by atoms with Gasteiger partial charge in [0.2, 0.25) is 0 Å². The van der Waals surface area contributed by atoms with Crippen molar-refractivity contribution < 1.29 is 4.79 Å². The summed E-state index contributed by atoms with van der Waals surface area (Å²) in [7, 11) is 0. The summed E-state index contributed by atoms with van der Waals surface area (Å²) in [5, 5.41) is 5.33. The third kappa shape index (κ3) is 2.23. The fourth-order valence-electron chi connectivity index (χ4n) is 4.30. The first-order valence-electron chi connectivity index (χ1n) is 8.13. The zero-order valence-electron chi connectivity index (χ0n) is 12.8. The van der Waals surface area contributed by atoms with Crippen LogP contribution in [0.15, 0.2) is 35.6 Å². The molecule has 3 atom stereocenters. The first-order valence-corrected chi connectivity index (χ1v) is 8.13. The van der Waals surface area contributed by atoms with Gasteiger partial charge in [0.05, 0.1) is 5.56 Å². The van der Waals surface area contributed by atoms with Gasteiger partial charge in [-0.25, -0.2) is 5.43 Å². The highest BCUT2D eigenvalue weighted by atomic mass is 16.2. The van der Waals surface area contributed by atoms with Gasteiger partial charge in [0.1, 0.15) is 0 Å². The summed E-state index contributed by atoms with van der Waals surface area (Å²) in [5.41, 5.74) is 5.45. The van der Waals surface area contributed by atoms with E-state index < -0.39 is 0 Å². The monoisotopic (exact) mass is 295 g/mol. The van der Waals surface area contributed by atoms with Crippen LogP contribution in [0, 0.1) is 17.8 Å². The van der Waals surface area contributed by atoms with Crippen molar-refractivity contribution in [2.45, 2.75) is 32.6 Å². The topological polar surface area (TPSA) is 57.2 Å². The molecular weight excluding hydrogens is 274 g/mol. The van der Waals surface area contributed by atoms with Crippen molar-refractivity contribution in [1.29, 1.82) is 0 Å². The molecule has 2 aliphatic carbocycles. The summed E-state index contributed by atoms with van der Waals surface area (Å²) < 4.78 is 0. The van der Waals surface area contributed by atoms with Gasteiger partial charge in [0.15, 0.2) is 0 Å². The van der Waals surface area contributed by atoms with E-state index in [1.54, 1.807) is 6.20 Å². The Labute approximate surface area is 130 Å². The van der Waals surface area contributed by atoms with Crippen LogP contribution in [0.25, 0.3) is 10.9 Å². The highest BCUT2D eigenvalue weighted by molar-refractivity contribution is 6.07. The minimum Gasteiger partial charge on any atom is -0.360 e. The van der Waals surface area contributed by atoms with E-state index in [9.17, 15) is 4.79 Å². The Balaban J connectivity index is 1.49. The zero-order chi connectivity index (χ0) is 15.1. The molecule has 2 aromatic rings. The summed E-state index contributed by atoms with van der Waals surface area (Å²) in [4.78, 5) is 15.5. The lowest BCUT2D eigenvalue weighted by Gasteiger charge is -2.21. The number of rotatable bonds is 3. The van der Waals surface area contributed by atoms with E-state index in [-0.39, 0.29) is 5.91 Å². The average molecular weight is 295 g/mol. The second-order valence-corrected chi connectivity index (χ2v) is 6.72. The number of aromatic amines is 1. The van der Waals surface area contributed by atoms with Gasteiger partial charge >= 0.3 is 0 Å². The molecule has 0 unspecified atom stereocenters. The molecule has 4 rings (SSSR count). The molecule has 2 fully saturated rings. The van der Waals surface area contributed by atoms with Crippen LogP contribution in [-0.4, -0.2) is 16.6 Å².